The highest BCUT2D eigenvalue weighted by atomic mass is 31.2. The number of hydrogen-bond donors (Lipinski definition) is 2. The fourth-order valence-corrected chi connectivity index (χ4v) is 8.27. The van der Waals surface area contributed by atoms with Gasteiger partial charge in [0.1, 0.15) is 93.4 Å². The molecule has 0 bridgehead atoms. The summed E-state index contributed by atoms with van der Waals surface area (Å²) in [5.74, 6) is -4.71. The third kappa shape index (κ3) is 15.3. The molecule has 5 heterocycles. The van der Waals surface area contributed by atoms with E-state index in [0.717, 1.165) is 0 Å². The van der Waals surface area contributed by atoms with Gasteiger partial charge in [0.2, 0.25) is 0 Å². The van der Waals surface area contributed by atoms with Gasteiger partial charge in [-0.25, -0.2) is 8.78 Å². The highest BCUT2D eigenvalue weighted by Crippen LogP contribution is 2.53. The molecule has 0 aromatic rings. The van der Waals surface area contributed by atoms with Gasteiger partial charge in [0.05, 0.1) is 37.6 Å². The van der Waals surface area contributed by atoms with Crippen LogP contribution in [0.15, 0.2) is 0 Å². The summed E-state index contributed by atoms with van der Waals surface area (Å²) in [7, 11) is 12.9. The number of phosphoric acid groups is 2. The number of fused-ring (bicyclic) bond motifs is 1. The van der Waals surface area contributed by atoms with Crippen molar-refractivity contribution in [3.63, 3.8) is 0 Å². The van der Waals surface area contributed by atoms with Crippen molar-refractivity contribution in [2.75, 3.05) is 26.4 Å². The molecule has 5 aliphatic heterocycles. The smallest absolute Gasteiger partial charge is 0.268 e. The molecule has 18 nitrogen and oxygen atoms in total. The van der Waals surface area contributed by atoms with Crippen molar-refractivity contribution in [3.8, 4) is 0 Å². The van der Waals surface area contributed by atoms with Gasteiger partial charge >= 0.3 is 0 Å². The summed E-state index contributed by atoms with van der Waals surface area (Å²) in [5.41, 5.74) is 0. The summed E-state index contributed by atoms with van der Waals surface area (Å²) in [6.07, 6.45) is -7.92. The van der Waals surface area contributed by atoms with E-state index in [0.29, 0.717) is 0 Å². The van der Waals surface area contributed by atoms with Crippen molar-refractivity contribution >= 4 is 47.0 Å². The van der Waals surface area contributed by atoms with Crippen LogP contribution in [0.1, 0.15) is 68.2 Å². The Balaban J connectivity index is 0.000000259. The van der Waals surface area contributed by atoms with E-state index in [2.05, 4.69) is 4.52 Å². The van der Waals surface area contributed by atoms with Crippen molar-refractivity contribution in [3.05, 3.63) is 0 Å². The number of halogens is 2. The number of rotatable bonds is 16. The lowest BCUT2D eigenvalue weighted by Crippen LogP contribution is -2.43. The summed E-state index contributed by atoms with van der Waals surface area (Å²) in [6, 6.07) is -3.63. The molecule has 8 radical (unpaired) electrons. The molecule has 0 saturated carbocycles. The Hall–Kier alpha value is -0.0603. The maximum Gasteiger partial charge on any atom is 0.268 e. The normalized spacial score (nSPS) is 42.1. The lowest BCUT2D eigenvalue weighted by atomic mass is 9.93. The molecule has 2 N–H and O–H groups in total. The van der Waals surface area contributed by atoms with Crippen LogP contribution in [0.2, 0.25) is 0 Å². The van der Waals surface area contributed by atoms with Crippen LogP contribution < -0.4 is 9.79 Å². The molecule has 5 fully saturated rings. The van der Waals surface area contributed by atoms with Gasteiger partial charge in [0.15, 0.2) is 0 Å². The second-order valence-electron chi connectivity index (χ2n) is 15.3. The Morgan fingerprint density at radius 1 is 0.793 bits per heavy atom. The van der Waals surface area contributed by atoms with Gasteiger partial charge in [-0.3, -0.25) is 9.13 Å². The zero-order valence-electron chi connectivity index (χ0n) is 33.9. The second-order valence-corrected chi connectivity index (χ2v) is 18.0. The maximum atomic E-state index is 15.1. The van der Waals surface area contributed by atoms with Gasteiger partial charge < -0.3 is 76.0 Å². The summed E-state index contributed by atoms with van der Waals surface area (Å²) in [6.45, 7) is 12.7. The molecule has 26 heteroatoms. The molecule has 5 saturated heterocycles. The number of hydrogen-bond acceptors (Lipinski definition) is 18. The van der Waals surface area contributed by atoms with E-state index in [1.54, 1.807) is 41.5 Å². The molecule has 0 amide bonds. The third-order valence-corrected chi connectivity index (χ3v) is 10.7. The Morgan fingerprint density at radius 3 is 1.76 bits per heavy atom. The summed E-state index contributed by atoms with van der Waals surface area (Å²) >= 11 is 0. The molecule has 5 aliphatic rings. The van der Waals surface area contributed by atoms with Crippen LogP contribution in [0, 0.1) is 0 Å². The summed E-state index contributed by atoms with van der Waals surface area (Å²) in [5, 5.41) is 18.9. The fourth-order valence-electron chi connectivity index (χ4n) is 6.18. The van der Waals surface area contributed by atoms with Crippen molar-refractivity contribution in [1.82, 2.24) is 0 Å². The largest absolute Gasteiger partial charge is 0.756 e. The number of ether oxygens (including phenoxy) is 8. The topological polar surface area (TPSA) is 231 Å². The number of aliphatic hydroxyl groups is 2. The number of aliphatic hydroxyl groups excluding tert-OH is 2. The van der Waals surface area contributed by atoms with Crippen molar-refractivity contribution in [1.29, 1.82) is 0 Å². The lowest BCUT2D eigenvalue weighted by Gasteiger charge is -2.33. The zero-order valence-corrected chi connectivity index (χ0v) is 35.7. The fraction of sp³-hybridized carbons (Fsp3) is 1.00. The average Bonchev–Trinajstić information content (AvgIpc) is 3.82. The van der Waals surface area contributed by atoms with E-state index >= 15 is 4.39 Å². The van der Waals surface area contributed by atoms with Gasteiger partial charge in [-0.15, -0.1) is 0 Å². The van der Waals surface area contributed by atoms with E-state index in [-0.39, 0.29) is 50.5 Å². The molecule has 0 aliphatic carbocycles. The molecule has 0 aromatic carbocycles. The van der Waals surface area contributed by atoms with Crippen LogP contribution in [0.4, 0.5) is 8.78 Å². The minimum Gasteiger partial charge on any atom is -0.756 e. The van der Waals surface area contributed by atoms with E-state index in [1.165, 1.54) is 0 Å². The standard InChI is InChI=1S/C16H28B2FO9P.C8H14BFO3.C8H14BO6P/c1-8(2)23-6-10-14(13(20)15(18)26-10)28-29(21,22)24-7-16(19)11(25-9(3)4)5-12(17)27-16;1-5(2)12-6-3-7(9)13-8(6,10)4-11;1-4(2)12-3-5-6-7(8(9)13-5)15-16(10,11)14-6/h8-15,20H,5-7H2,1-4H3,(H,21,22);5-7,11H,3-4H2,1-2H3;4-8H,3H2,1-2H3,(H,10,11)/p-2/t10-,11?,12-,13?,14?,15-,16-;6?,7-,8-;5-,6?,7?,8-/m111/s1. The van der Waals surface area contributed by atoms with Crippen LogP contribution in [0.5, 0.6) is 0 Å². The first-order valence-electron chi connectivity index (χ1n) is 18.9. The number of alkyl halides is 2. The van der Waals surface area contributed by atoms with Crippen molar-refractivity contribution in [2.24, 2.45) is 0 Å². The molecule has 0 spiro atoms. The van der Waals surface area contributed by atoms with Crippen LogP contribution in [-0.4, -0.2) is 177 Å². The molecular weight excluding hydrogens is 816 g/mol. The van der Waals surface area contributed by atoms with Gasteiger partial charge in [-0.05, 0) is 68.2 Å². The van der Waals surface area contributed by atoms with Gasteiger partial charge in [-0.1, -0.05) is 0 Å². The second kappa shape index (κ2) is 22.0. The molecule has 328 valence electrons. The quantitative estimate of drug-likeness (QED) is 0.151. The summed E-state index contributed by atoms with van der Waals surface area (Å²) in [4.78, 5) is 23.4. The molecule has 58 heavy (non-hydrogen) atoms. The SMILES string of the molecule is [B][C@@H]1O[C@H](COC(C)C)C(OP(=O)([O-])OC[C@@]2(F)O[C@@H]([B])CC2OC(C)C)C1O.[B][C@@H]1O[C@H](COC(C)C)C2OP(=O)([O-])OC21.[B][C@H]1CC(OC(C)C)[C@@](F)(CO)O1. The Bertz CT molecular complexity index is 1370. The minimum absolute atomic E-state index is 0.0280. The van der Waals surface area contributed by atoms with E-state index in [4.69, 9.17) is 88.0 Å². The van der Waals surface area contributed by atoms with Crippen LogP contribution in [0.3, 0.4) is 0 Å². The molecule has 0 aromatic heterocycles. The minimum atomic E-state index is -5.08. The van der Waals surface area contributed by atoms with Crippen LogP contribution in [0.25, 0.3) is 0 Å². The predicted octanol–water partition coefficient (Wildman–Crippen LogP) is -0.180. The highest BCUT2D eigenvalue weighted by molar-refractivity contribution is 7.46. The van der Waals surface area contributed by atoms with Gasteiger partial charge in [-0.2, -0.15) is 0 Å². The Labute approximate surface area is 344 Å². The highest BCUT2D eigenvalue weighted by Gasteiger charge is 2.53. The van der Waals surface area contributed by atoms with Crippen molar-refractivity contribution in [2.45, 2.75) is 177 Å². The maximum absolute atomic E-state index is 15.1. The monoisotopic (exact) mass is 870 g/mol. The first-order chi connectivity index (χ1) is 26.7. The Kier molecular flexibility index (Phi) is 19.9. The number of phosphoric ester groups is 2. The first kappa shape index (κ1) is 52.3. The molecule has 8 unspecified atom stereocenters. The van der Waals surface area contributed by atoms with E-state index in [9.17, 15) is 28.4 Å². The molecule has 5 rings (SSSR count). The van der Waals surface area contributed by atoms with E-state index < -0.39 is 113 Å². The van der Waals surface area contributed by atoms with Gasteiger partial charge in [0.25, 0.3) is 27.4 Å². The van der Waals surface area contributed by atoms with Gasteiger partial charge in [0, 0.05) is 24.0 Å². The van der Waals surface area contributed by atoms with Crippen LogP contribution >= 0.6 is 15.6 Å². The Morgan fingerprint density at radius 2 is 1.26 bits per heavy atom. The molecule has 16 atom stereocenters. The predicted molar refractivity (Wildman–Crippen MR) is 198 cm³/mol. The first-order valence-corrected chi connectivity index (χ1v) is 21.8. The average molecular weight is 870 g/mol. The summed E-state index contributed by atoms with van der Waals surface area (Å²) < 4.78 is 113. The van der Waals surface area contributed by atoms with E-state index in [1.807, 2.05) is 13.8 Å². The lowest BCUT2D eigenvalue weighted by molar-refractivity contribution is -0.252. The molecular formula is C32H54B4F2O18P2-2. The third-order valence-electron chi connectivity index (χ3n) is 8.71. The van der Waals surface area contributed by atoms with Crippen molar-refractivity contribution < 1.29 is 93.9 Å². The van der Waals surface area contributed by atoms with Crippen LogP contribution in [-0.2, 0) is 65.1 Å². The zero-order chi connectivity index (χ0) is 44.0.